The molecule has 140 valence electrons. The van der Waals surface area contributed by atoms with Gasteiger partial charge in [0.25, 0.3) is 0 Å². The Balaban J connectivity index is 1.51. The van der Waals surface area contributed by atoms with Crippen LogP contribution in [-0.4, -0.2) is 32.8 Å². The molecule has 0 spiro atoms. The molecule has 1 fully saturated rings. The van der Waals surface area contributed by atoms with Gasteiger partial charge in [-0.05, 0) is 50.8 Å². The largest absolute Gasteiger partial charge is 0.371 e. The molecule has 4 rings (SSSR count). The van der Waals surface area contributed by atoms with Crippen LogP contribution in [0.15, 0.2) is 42.7 Å². The number of rotatable bonds is 5. The zero-order valence-corrected chi connectivity index (χ0v) is 16.0. The average molecular weight is 362 g/mol. The fraction of sp³-hybridized carbons (Fsp3) is 0.381. The maximum atomic E-state index is 4.69. The summed E-state index contributed by atoms with van der Waals surface area (Å²) in [5, 5.41) is 7.93. The van der Waals surface area contributed by atoms with Crippen molar-refractivity contribution < 1.29 is 0 Å². The van der Waals surface area contributed by atoms with Gasteiger partial charge in [0, 0.05) is 31.0 Å². The van der Waals surface area contributed by atoms with Gasteiger partial charge in [0.05, 0.1) is 18.1 Å². The van der Waals surface area contributed by atoms with Gasteiger partial charge in [0.1, 0.15) is 5.82 Å². The Bertz CT molecular complexity index is 911. The maximum Gasteiger partial charge on any atom is 0.174 e. The summed E-state index contributed by atoms with van der Waals surface area (Å²) in [6, 6.07) is 10.7. The van der Waals surface area contributed by atoms with Crippen LogP contribution in [0.1, 0.15) is 36.2 Å². The Morgan fingerprint density at radius 1 is 1.04 bits per heavy atom. The van der Waals surface area contributed by atoms with Crippen molar-refractivity contribution in [2.45, 2.75) is 39.7 Å². The van der Waals surface area contributed by atoms with E-state index in [1.165, 1.54) is 30.5 Å². The quantitative estimate of drug-likeness (QED) is 0.746. The molecule has 3 aromatic rings. The standard InChI is InChI=1S/C21H26N6/c1-16-12-17(2)27(25-16)21-15-22-14-20(24-21)23-13-18-8-4-5-9-19(18)26-10-6-3-7-11-26/h4-5,8-9,12,14-15H,3,6-7,10-11,13H2,1-2H3,(H,23,24). The fourth-order valence-electron chi connectivity index (χ4n) is 3.69. The molecule has 0 bridgehead atoms. The molecule has 1 aliphatic rings. The summed E-state index contributed by atoms with van der Waals surface area (Å²) in [7, 11) is 0. The third-order valence-electron chi connectivity index (χ3n) is 5.00. The molecule has 0 atom stereocenters. The lowest BCUT2D eigenvalue weighted by Crippen LogP contribution is -2.30. The molecule has 6 heteroatoms. The van der Waals surface area contributed by atoms with E-state index in [1.807, 2.05) is 24.6 Å². The minimum Gasteiger partial charge on any atom is -0.371 e. The van der Waals surface area contributed by atoms with Crippen molar-refractivity contribution in [2.75, 3.05) is 23.3 Å². The van der Waals surface area contributed by atoms with Crippen molar-refractivity contribution >= 4 is 11.5 Å². The number of aryl methyl sites for hydroxylation is 2. The molecular weight excluding hydrogens is 336 g/mol. The molecule has 0 radical (unpaired) electrons. The van der Waals surface area contributed by atoms with Gasteiger partial charge in [-0.2, -0.15) is 5.10 Å². The Hall–Kier alpha value is -2.89. The predicted molar refractivity (Wildman–Crippen MR) is 108 cm³/mol. The highest BCUT2D eigenvalue weighted by Crippen LogP contribution is 2.24. The van der Waals surface area contributed by atoms with Crippen molar-refractivity contribution in [3.8, 4) is 5.82 Å². The second-order valence-electron chi connectivity index (χ2n) is 7.13. The zero-order chi connectivity index (χ0) is 18.6. The molecule has 1 saturated heterocycles. The first kappa shape index (κ1) is 17.5. The summed E-state index contributed by atoms with van der Waals surface area (Å²) in [5.41, 5.74) is 4.64. The lowest BCUT2D eigenvalue weighted by atomic mass is 10.1. The summed E-state index contributed by atoms with van der Waals surface area (Å²) in [4.78, 5) is 11.5. The molecule has 27 heavy (non-hydrogen) atoms. The summed E-state index contributed by atoms with van der Waals surface area (Å²) >= 11 is 0. The van der Waals surface area contributed by atoms with E-state index < -0.39 is 0 Å². The Morgan fingerprint density at radius 3 is 2.63 bits per heavy atom. The number of nitrogens with zero attached hydrogens (tertiary/aromatic N) is 5. The number of benzene rings is 1. The van der Waals surface area contributed by atoms with Crippen LogP contribution in [0.5, 0.6) is 0 Å². The molecule has 3 heterocycles. The van der Waals surface area contributed by atoms with Crippen molar-refractivity contribution in [2.24, 2.45) is 0 Å². The van der Waals surface area contributed by atoms with E-state index in [4.69, 9.17) is 0 Å². The van der Waals surface area contributed by atoms with Crippen molar-refractivity contribution in [1.82, 2.24) is 19.7 Å². The van der Waals surface area contributed by atoms with Gasteiger partial charge in [0.2, 0.25) is 0 Å². The molecule has 6 nitrogen and oxygen atoms in total. The van der Waals surface area contributed by atoms with Crippen molar-refractivity contribution in [3.05, 3.63) is 59.7 Å². The predicted octanol–water partition coefficient (Wildman–Crippen LogP) is 3.88. The smallest absolute Gasteiger partial charge is 0.174 e. The summed E-state index contributed by atoms with van der Waals surface area (Å²) in [6.45, 7) is 7.02. The number of nitrogens with one attached hydrogen (secondary N) is 1. The average Bonchev–Trinajstić information content (AvgIpc) is 3.05. The highest BCUT2D eigenvalue weighted by Gasteiger charge is 2.14. The number of hydrogen-bond acceptors (Lipinski definition) is 5. The van der Waals surface area contributed by atoms with Gasteiger partial charge < -0.3 is 10.2 Å². The van der Waals surface area contributed by atoms with Crippen LogP contribution in [-0.2, 0) is 6.54 Å². The first-order valence-corrected chi connectivity index (χ1v) is 9.63. The summed E-state index contributed by atoms with van der Waals surface area (Å²) in [6.07, 6.45) is 7.40. The molecule has 2 aromatic heterocycles. The Morgan fingerprint density at radius 2 is 1.85 bits per heavy atom. The molecule has 1 aliphatic heterocycles. The van der Waals surface area contributed by atoms with E-state index in [0.717, 1.165) is 42.7 Å². The van der Waals surface area contributed by atoms with E-state index >= 15 is 0 Å². The number of aromatic nitrogens is 4. The van der Waals surface area contributed by atoms with Crippen LogP contribution in [0.3, 0.4) is 0 Å². The van der Waals surface area contributed by atoms with E-state index in [0.29, 0.717) is 0 Å². The molecule has 1 N–H and O–H groups in total. The van der Waals surface area contributed by atoms with E-state index in [2.05, 4.69) is 49.5 Å². The zero-order valence-electron chi connectivity index (χ0n) is 16.0. The monoisotopic (exact) mass is 362 g/mol. The minimum absolute atomic E-state index is 0.724. The van der Waals surface area contributed by atoms with Crippen LogP contribution in [0.25, 0.3) is 5.82 Å². The molecule has 1 aromatic carbocycles. The molecule has 0 aliphatic carbocycles. The van der Waals surface area contributed by atoms with Crippen LogP contribution < -0.4 is 10.2 Å². The summed E-state index contributed by atoms with van der Waals surface area (Å²) < 4.78 is 1.83. The number of hydrogen-bond donors (Lipinski definition) is 1. The highest BCUT2D eigenvalue weighted by molar-refractivity contribution is 5.55. The Labute approximate surface area is 160 Å². The molecule has 0 unspecified atom stereocenters. The first-order chi connectivity index (χ1) is 13.2. The fourth-order valence-corrected chi connectivity index (χ4v) is 3.69. The van der Waals surface area contributed by atoms with Crippen LogP contribution in [0.4, 0.5) is 11.5 Å². The minimum atomic E-state index is 0.724. The van der Waals surface area contributed by atoms with Gasteiger partial charge in [-0.3, -0.25) is 4.98 Å². The topological polar surface area (TPSA) is 58.9 Å². The SMILES string of the molecule is Cc1cc(C)n(-c2cncc(NCc3ccccc3N3CCCCC3)n2)n1. The van der Waals surface area contributed by atoms with Gasteiger partial charge in [-0.1, -0.05) is 18.2 Å². The first-order valence-electron chi connectivity index (χ1n) is 9.63. The van der Waals surface area contributed by atoms with Crippen LogP contribution in [0.2, 0.25) is 0 Å². The maximum absolute atomic E-state index is 4.69. The molecular formula is C21H26N6. The van der Waals surface area contributed by atoms with E-state index in [9.17, 15) is 0 Å². The Kier molecular flexibility index (Phi) is 5.05. The molecule has 0 amide bonds. The second-order valence-corrected chi connectivity index (χ2v) is 7.13. The third-order valence-corrected chi connectivity index (χ3v) is 5.00. The third kappa shape index (κ3) is 3.94. The lowest BCUT2D eigenvalue weighted by molar-refractivity contribution is 0.576. The second kappa shape index (κ2) is 7.78. The highest BCUT2D eigenvalue weighted by atomic mass is 15.3. The van der Waals surface area contributed by atoms with Gasteiger partial charge in [-0.15, -0.1) is 0 Å². The van der Waals surface area contributed by atoms with E-state index in [-0.39, 0.29) is 0 Å². The number of para-hydroxylation sites is 1. The van der Waals surface area contributed by atoms with Crippen molar-refractivity contribution in [1.29, 1.82) is 0 Å². The number of piperidine rings is 1. The molecule has 0 saturated carbocycles. The normalized spacial score (nSPS) is 14.4. The van der Waals surface area contributed by atoms with Gasteiger partial charge in [0.15, 0.2) is 5.82 Å². The van der Waals surface area contributed by atoms with Gasteiger partial charge >= 0.3 is 0 Å². The van der Waals surface area contributed by atoms with Gasteiger partial charge in [-0.25, -0.2) is 9.67 Å². The van der Waals surface area contributed by atoms with E-state index in [1.54, 1.807) is 12.4 Å². The van der Waals surface area contributed by atoms with Crippen LogP contribution >= 0.6 is 0 Å². The van der Waals surface area contributed by atoms with Crippen molar-refractivity contribution in [3.63, 3.8) is 0 Å². The van der Waals surface area contributed by atoms with Crippen LogP contribution in [0, 0.1) is 13.8 Å². The number of anilines is 2. The summed E-state index contributed by atoms with van der Waals surface area (Å²) in [5.74, 6) is 1.49. The lowest BCUT2D eigenvalue weighted by Gasteiger charge is -2.30.